The minimum atomic E-state index is 1.11. The van der Waals surface area contributed by atoms with Crippen LogP contribution in [0.15, 0.2) is 206 Å². The van der Waals surface area contributed by atoms with Gasteiger partial charge in [0.1, 0.15) is 0 Å². The van der Waals surface area contributed by atoms with Gasteiger partial charge in [-0.25, -0.2) is 0 Å². The van der Waals surface area contributed by atoms with Gasteiger partial charge in [0.25, 0.3) is 0 Å². The molecule has 9 aromatic carbocycles. The van der Waals surface area contributed by atoms with Gasteiger partial charge in [0.15, 0.2) is 0 Å². The van der Waals surface area contributed by atoms with E-state index >= 15 is 0 Å². The Morgan fingerprint density at radius 2 is 0.885 bits per heavy atom. The van der Waals surface area contributed by atoms with Gasteiger partial charge >= 0.3 is 0 Å². The van der Waals surface area contributed by atoms with Crippen LogP contribution in [0, 0.1) is 0 Å². The Morgan fingerprint density at radius 3 is 1.69 bits per heavy atom. The Kier molecular flexibility index (Phi) is 7.18. The number of rotatable bonds is 6. The number of benzene rings is 9. The summed E-state index contributed by atoms with van der Waals surface area (Å²) < 4.78 is 2.42. The highest BCUT2D eigenvalue weighted by molar-refractivity contribution is 6.14. The first kappa shape index (κ1) is 30.0. The van der Waals surface area contributed by atoms with E-state index in [1.807, 2.05) is 0 Å². The summed E-state index contributed by atoms with van der Waals surface area (Å²) in [6, 6.07) is 74.8. The minimum Gasteiger partial charge on any atom is -0.310 e. The van der Waals surface area contributed by atoms with Crippen LogP contribution in [-0.2, 0) is 0 Å². The molecule has 0 aliphatic rings. The maximum absolute atomic E-state index is 2.42. The second-order valence-corrected chi connectivity index (χ2v) is 13.4. The normalized spacial score (nSPS) is 11.5. The quantitative estimate of drug-likeness (QED) is 0.172. The molecular weight excluding hydrogens is 629 g/mol. The molecule has 0 aliphatic heterocycles. The zero-order chi connectivity index (χ0) is 34.4. The van der Waals surface area contributed by atoms with E-state index in [-0.39, 0.29) is 0 Å². The van der Waals surface area contributed by atoms with Crippen LogP contribution in [-0.4, -0.2) is 4.57 Å². The van der Waals surface area contributed by atoms with Gasteiger partial charge in [-0.1, -0.05) is 140 Å². The summed E-state index contributed by atoms with van der Waals surface area (Å²) in [5.41, 5.74) is 11.7. The summed E-state index contributed by atoms with van der Waals surface area (Å²) in [5.74, 6) is 0. The molecule has 0 bridgehead atoms. The smallest absolute Gasteiger partial charge is 0.0547 e. The fourth-order valence-electron chi connectivity index (χ4n) is 7.77. The van der Waals surface area contributed by atoms with Crippen molar-refractivity contribution in [2.24, 2.45) is 0 Å². The lowest BCUT2D eigenvalue weighted by Crippen LogP contribution is -2.10. The van der Waals surface area contributed by atoms with E-state index in [0.717, 1.165) is 17.1 Å². The minimum absolute atomic E-state index is 1.11. The van der Waals surface area contributed by atoms with Gasteiger partial charge in [0, 0.05) is 33.5 Å². The summed E-state index contributed by atoms with van der Waals surface area (Å²) in [4.78, 5) is 2.38. The highest BCUT2D eigenvalue weighted by Crippen LogP contribution is 2.41. The fraction of sp³-hybridized carbons (Fsp3) is 0. The number of nitrogens with zero attached hydrogens (tertiary/aromatic N) is 2. The molecule has 0 saturated carbocycles. The molecule has 10 rings (SSSR count). The van der Waals surface area contributed by atoms with E-state index in [1.54, 1.807) is 0 Å². The Labute approximate surface area is 303 Å². The molecule has 1 heterocycles. The van der Waals surface area contributed by atoms with Crippen LogP contribution in [0.5, 0.6) is 0 Å². The highest BCUT2D eigenvalue weighted by Gasteiger charge is 2.17. The summed E-state index contributed by atoms with van der Waals surface area (Å²) in [6.07, 6.45) is 0. The Morgan fingerprint density at radius 1 is 0.288 bits per heavy atom. The van der Waals surface area contributed by atoms with Gasteiger partial charge in [-0.15, -0.1) is 0 Å². The molecule has 0 fully saturated rings. The van der Waals surface area contributed by atoms with E-state index in [0.29, 0.717) is 0 Å². The maximum atomic E-state index is 2.42. The fourth-order valence-corrected chi connectivity index (χ4v) is 7.77. The Hall–Kier alpha value is -6.90. The largest absolute Gasteiger partial charge is 0.310 e. The van der Waals surface area contributed by atoms with Crippen molar-refractivity contribution < 1.29 is 0 Å². The lowest BCUT2D eigenvalue weighted by atomic mass is 10.0. The molecule has 0 aliphatic carbocycles. The third-order valence-corrected chi connectivity index (χ3v) is 10.3. The van der Waals surface area contributed by atoms with Crippen molar-refractivity contribution in [3.8, 4) is 27.9 Å². The SMILES string of the molecule is c1ccc(-c2ccc(N(c3cccc(-c4ccccc4)c3)c3ccc4cc5c6ccccc6n(-c6ccc7ccccc7c6)c5cc4c3)cc2)cc1. The van der Waals surface area contributed by atoms with Crippen molar-refractivity contribution >= 4 is 60.4 Å². The first-order valence-electron chi connectivity index (χ1n) is 17.8. The first-order chi connectivity index (χ1) is 25.8. The van der Waals surface area contributed by atoms with Crippen LogP contribution >= 0.6 is 0 Å². The second-order valence-electron chi connectivity index (χ2n) is 13.4. The van der Waals surface area contributed by atoms with Crippen LogP contribution in [0.3, 0.4) is 0 Å². The van der Waals surface area contributed by atoms with Crippen molar-refractivity contribution in [3.63, 3.8) is 0 Å². The van der Waals surface area contributed by atoms with E-state index < -0.39 is 0 Å². The Balaban J connectivity index is 1.16. The molecule has 10 aromatic rings. The molecule has 0 amide bonds. The van der Waals surface area contributed by atoms with Gasteiger partial charge in [0.05, 0.1) is 11.0 Å². The average molecular weight is 663 g/mol. The van der Waals surface area contributed by atoms with Crippen molar-refractivity contribution in [2.45, 2.75) is 0 Å². The van der Waals surface area contributed by atoms with Crippen LogP contribution in [0.2, 0.25) is 0 Å². The van der Waals surface area contributed by atoms with Crippen LogP contribution in [0.25, 0.3) is 71.3 Å². The van der Waals surface area contributed by atoms with Gasteiger partial charge in [0.2, 0.25) is 0 Å². The van der Waals surface area contributed by atoms with Crippen LogP contribution < -0.4 is 4.90 Å². The number of hydrogen-bond acceptors (Lipinski definition) is 1. The Bertz CT molecular complexity index is 2890. The summed E-state index contributed by atoms with van der Waals surface area (Å²) in [7, 11) is 0. The third kappa shape index (κ3) is 5.21. The lowest BCUT2D eigenvalue weighted by Gasteiger charge is -2.26. The van der Waals surface area contributed by atoms with E-state index in [4.69, 9.17) is 0 Å². The molecular formula is C50H34N2. The number of aromatic nitrogens is 1. The monoisotopic (exact) mass is 662 g/mol. The van der Waals surface area contributed by atoms with E-state index in [9.17, 15) is 0 Å². The summed E-state index contributed by atoms with van der Waals surface area (Å²) in [5, 5.41) is 7.41. The van der Waals surface area contributed by atoms with Crippen LogP contribution in [0.4, 0.5) is 17.1 Å². The van der Waals surface area contributed by atoms with Gasteiger partial charge < -0.3 is 9.47 Å². The van der Waals surface area contributed by atoms with Gasteiger partial charge in [-0.3, -0.25) is 0 Å². The molecule has 0 atom stereocenters. The van der Waals surface area contributed by atoms with Gasteiger partial charge in [-0.2, -0.15) is 0 Å². The predicted molar refractivity (Wildman–Crippen MR) is 221 cm³/mol. The molecule has 2 nitrogen and oxygen atoms in total. The van der Waals surface area contributed by atoms with Crippen molar-refractivity contribution in [3.05, 3.63) is 206 Å². The number of para-hydroxylation sites is 1. The van der Waals surface area contributed by atoms with Crippen LogP contribution in [0.1, 0.15) is 0 Å². The van der Waals surface area contributed by atoms with Crippen molar-refractivity contribution in [2.75, 3.05) is 4.90 Å². The topological polar surface area (TPSA) is 8.17 Å². The molecule has 0 spiro atoms. The molecule has 0 radical (unpaired) electrons. The predicted octanol–water partition coefficient (Wildman–Crippen LogP) is 13.9. The summed E-state index contributed by atoms with van der Waals surface area (Å²) >= 11 is 0. The average Bonchev–Trinajstić information content (AvgIpc) is 3.54. The van der Waals surface area contributed by atoms with E-state index in [1.165, 1.54) is 71.3 Å². The molecule has 244 valence electrons. The highest BCUT2D eigenvalue weighted by atomic mass is 15.1. The number of anilines is 3. The molecule has 2 heteroatoms. The number of fused-ring (bicyclic) bond motifs is 5. The maximum Gasteiger partial charge on any atom is 0.0547 e. The van der Waals surface area contributed by atoms with E-state index in [2.05, 4.69) is 216 Å². The zero-order valence-electron chi connectivity index (χ0n) is 28.5. The third-order valence-electron chi connectivity index (χ3n) is 10.3. The summed E-state index contributed by atoms with van der Waals surface area (Å²) in [6.45, 7) is 0. The van der Waals surface area contributed by atoms with Gasteiger partial charge in [-0.05, 0) is 111 Å². The van der Waals surface area contributed by atoms with Crippen molar-refractivity contribution in [1.82, 2.24) is 4.57 Å². The molecule has 1 aromatic heterocycles. The molecule has 0 unspecified atom stereocenters. The number of hydrogen-bond donors (Lipinski definition) is 0. The second kappa shape index (κ2) is 12.5. The molecule has 0 N–H and O–H groups in total. The lowest BCUT2D eigenvalue weighted by molar-refractivity contribution is 1.19. The van der Waals surface area contributed by atoms with Crippen molar-refractivity contribution in [1.29, 1.82) is 0 Å². The first-order valence-corrected chi connectivity index (χ1v) is 17.8. The molecule has 0 saturated heterocycles. The standard InChI is InChI=1S/C50H34N2/c1-3-12-35(13-4-1)38-22-26-43(27-23-38)51(44-19-11-18-40(30-44)36-14-5-2-6-15-36)45-29-25-41-33-48-47-20-9-10-21-49(47)52(50(48)34-42(41)32-45)46-28-24-37-16-7-8-17-39(37)31-46/h1-34H. The zero-order valence-corrected chi connectivity index (χ0v) is 28.5. The molecule has 52 heavy (non-hydrogen) atoms.